The Balaban J connectivity index is 1.41. The predicted octanol–water partition coefficient (Wildman–Crippen LogP) is 4.03. The summed E-state index contributed by atoms with van der Waals surface area (Å²) >= 11 is 6.01. The molecule has 1 fully saturated rings. The van der Waals surface area contributed by atoms with Gasteiger partial charge in [-0.15, -0.1) is 0 Å². The van der Waals surface area contributed by atoms with Gasteiger partial charge in [0.05, 0.1) is 23.8 Å². The van der Waals surface area contributed by atoms with E-state index < -0.39 is 11.6 Å². The fraction of sp³-hybridized carbons (Fsp3) is 0.269. The maximum Gasteiger partial charge on any atom is 0.253 e. The molecular formula is C26H24ClF2N5O2. The fourth-order valence-electron chi connectivity index (χ4n) is 4.38. The van der Waals surface area contributed by atoms with Crippen molar-refractivity contribution in [2.75, 3.05) is 50.0 Å². The molecule has 1 aromatic heterocycles. The maximum absolute atomic E-state index is 14.4. The predicted molar refractivity (Wildman–Crippen MR) is 134 cm³/mol. The van der Waals surface area contributed by atoms with E-state index in [1.807, 2.05) is 24.1 Å². The minimum absolute atomic E-state index is 0.00631. The van der Waals surface area contributed by atoms with Crippen molar-refractivity contribution in [2.45, 2.75) is 6.54 Å². The molecular weight excluding hydrogens is 488 g/mol. The van der Waals surface area contributed by atoms with Crippen molar-refractivity contribution in [3.8, 4) is 11.1 Å². The van der Waals surface area contributed by atoms with Crippen LogP contribution in [0, 0.1) is 11.6 Å². The molecule has 0 atom stereocenters. The van der Waals surface area contributed by atoms with Gasteiger partial charge in [0, 0.05) is 49.1 Å². The third kappa shape index (κ3) is 4.64. The van der Waals surface area contributed by atoms with E-state index in [0.717, 1.165) is 30.8 Å². The number of benzene rings is 2. The lowest BCUT2D eigenvalue weighted by Crippen LogP contribution is -2.47. The van der Waals surface area contributed by atoms with E-state index in [-0.39, 0.29) is 35.5 Å². The minimum atomic E-state index is -0.756. The SMILES string of the molecule is CN1CCN(C(=O)c2ccc(-c3cnc4c(c3)N(Cc3c(F)ccc(F)c3Cl)C(=O)CN4)cc2)CC1. The Morgan fingerprint density at radius 3 is 2.44 bits per heavy atom. The summed E-state index contributed by atoms with van der Waals surface area (Å²) in [7, 11) is 2.04. The molecule has 0 bridgehead atoms. The molecule has 0 saturated carbocycles. The number of nitrogens with one attached hydrogen (secondary N) is 1. The molecule has 0 radical (unpaired) electrons. The second kappa shape index (κ2) is 9.83. The van der Waals surface area contributed by atoms with Crippen molar-refractivity contribution in [1.82, 2.24) is 14.8 Å². The highest BCUT2D eigenvalue weighted by atomic mass is 35.5. The Hall–Kier alpha value is -3.56. The van der Waals surface area contributed by atoms with E-state index in [1.54, 1.807) is 24.4 Å². The topological polar surface area (TPSA) is 68.8 Å². The van der Waals surface area contributed by atoms with Crippen LogP contribution in [0.4, 0.5) is 20.3 Å². The summed E-state index contributed by atoms with van der Waals surface area (Å²) in [6.45, 7) is 2.81. The third-order valence-corrected chi connectivity index (χ3v) is 6.99. The average molecular weight is 512 g/mol. The number of hydrogen-bond acceptors (Lipinski definition) is 5. The smallest absolute Gasteiger partial charge is 0.253 e. The van der Waals surface area contributed by atoms with Crippen molar-refractivity contribution < 1.29 is 18.4 Å². The first-order valence-electron chi connectivity index (χ1n) is 11.6. The van der Waals surface area contributed by atoms with Crippen LogP contribution < -0.4 is 10.2 Å². The van der Waals surface area contributed by atoms with Crippen LogP contribution in [0.2, 0.25) is 5.02 Å². The molecule has 3 aromatic rings. The molecule has 36 heavy (non-hydrogen) atoms. The molecule has 2 aromatic carbocycles. The largest absolute Gasteiger partial charge is 0.359 e. The zero-order valence-corrected chi connectivity index (χ0v) is 20.4. The lowest BCUT2D eigenvalue weighted by Gasteiger charge is -2.32. The summed E-state index contributed by atoms with van der Waals surface area (Å²) in [5.74, 6) is -1.33. The number of likely N-dealkylation sites (N-methyl/N-ethyl adjacent to an activating group) is 1. The zero-order valence-electron chi connectivity index (χ0n) is 19.6. The summed E-state index contributed by atoms with van der Waals surface area (Å²) in [5.41, 5.74) is 2.44. The van der Waals surface area contributed by atoms with Crippen molar-refractivity contribution in [2.24, 2.45) is 0 Å². The van der Waals surface area contributed by atoms with Gasteiger partial charge in [-0.3, -0.25) is 9.59 Å². The summed E-state index contributed by atoms with van der Waals surface area (Å²) in [6.07, 6.45) is 1.66. The number of carbonyl (C=O) groups excluding carboxylic acids is 2. The van der Waals surface area contributed by atoms with Crippen LogP contribution in [0.1, 0.15) is 15.9 Å². The van der Waals surface area contributed by atoms with Crippen LogP contribution in [0.3, 0.4) is 0 Å². The first-order chi connectivity index (χ1) is 17.3. The Morgan fingerprint density at radius 2 is 1.72 bits per heavy atom. The molecule has 1 saturated heterocycles. The number of hydrogen-bond donors (Lipinski definition) is 1. The average Bonchev–Trinajstić information content (AvgIpc) is 2.90. The van der Waals surface area contributed by atoms with Crippen LogP contribution in [0.5, 0.6) is 0 Å². The molecule has 7 nitrogen and oxygen atoms in total. The number of amides is 2. The van der Waals surface area contributed by atoms with E-state index in [4.69, 9.17) is 11.6 Å². The Morgan fingerprint density at radius 1 is 1.03 bits per heavy atom. The Bertz CT molecular complexity index is 1330. The zero-order chi connectivity index (χ0) is 25.4. The molecule has 0 unspecified atom stereocenters. The number of rotatable bonds is 4. The standard InChI is InChI=1S/C26H24ClF2N5O2/c1-32-8-10-33(11-9-32)26(36)17-4-2-16(3-5-17)18-12-22-25(30-13-18)31-14-23(35)34(22)15-19-20(28)6-7-21(29)24(19)27/h2-7,12-13H,8-11,14-15H2,1H3,(H,30,31). The van der Waals surface area contributed by atoms with Crippen LogP contribution in [0.15, 0.2) is 48.7 Å². The molecule has 186 valence electrons. The van der Waals surface area contributed by atoms with E-state index >= 15 is 0 Å². The van der Waals surface area contributed by atoms with Gasteiger partial charge in [-0.05, 0) is 42.9 Å². The Labute approximate surface area is 212 Å². The lowest BCUT2D eigenvalue weighted by molar-refractivity contribution is -0.117. The first-order valence-corrected chi connectivity index (χ1v) is 11.9. The second-order valence-electron chi connectivity index (χ2n) is 8.92. The van der Waals surface area contributed by atoms with E-state index in [1.165, 1.54) is 4.90 Å². The van der Waals surface area contributed by atoms with E-state index in [9.17, 15) is 18.4 Å². The van der Waals surface area contributed by atoms with E-state index in [2.05, 4.69) is 15.2 Å². The van der Waals surface area contributed by atoms with Crippen molar-refractivity contribution in [1.29, 1.82) is 0 Å². The minimum Gasteiger partial charge on any atom is -0.359 e. The number of piperazine rings is 1. The third-order valence-electron chi connectivity index (χ3n) is 6.58. The number of fused-ring (bicyclic) bond motifs is 1. The highest BCUT2D eigenvalue weighted by Crippen LogP contribution is 2.35. The van der Waals surface area contributed by atoms with Gasteiger partial charge in [0.2, 0.25) is 5.91 Å². The quantitative estimate of drug-likeness (QED) is 0.536. The van der Waals surface area contributed by atoms with Crippen LogP contribution in [-0.4, -0.2) is 66.4 Å². The summed E-state index contributed by atoms with van der Waals surface area (Å²) in [5, 5.41) is 2.60. The van der Waals surface area contributed by atoms with Crippen LogP contribution >= 0.6 is 11.6 Å². The van der Waals surface area contributed by atoms with Gasteiger partial charge < -0.3 is 20.0 Å². The van der Waals surface area contributed by atoms with Gasteiger partial charge in [0.1, 0.15) is 11.6 Å². The molecule has 5 rings (SSSR count). The van der Waals surface area contributed by atoms with Crippen molar-refractivity contribution in [3.63, 3.8) is 0 Å². The van der Waals surface area contributed by atoms with Gasteiger partial charge >= 0.3 is 0 Å². The van der Waals surface area contributed by atoms with Gasteiger partial charge in [-0.2, -0.15) is 0 Å². The molecule has 2 aliphatic heterocycles. The number of pyridine rings is 1. The molecule has 3 heterocycles. The van der Waals surface area contributed by atoms with Gasteiger partial charge in [-0.25, -0.2) is 13.8 Å². The monoisotopic (exact) mass is 511 g/mol. The Kier molecular flexibility index (Phi) is 6.59. The van der Waals surface area contributed by atoms with Gasteiger partial charge in [0.15, 0.2) is 5.82 Å². The molecule has 0 aliphatic carbocycles. The summed E-state index contributed by atoms with van der Waals surface area (Å²) in [4.78, 5) is 35.4. The number of aromatic nitrogens is 1. The molecule has 10 heteroatoms. The van der Waals surface area contributed by atoms with Gasteiger partial charge in [0.25, 0.3) is 5.91 Å². The molecule has 1 N–H and O–H groups in total. The lowest BCUT2D eigenvalue weighted by atomic mass is 10.0. The normalized spacial score (nSPS) is 16.1. The number of carbonyl (C=O) groups is 2. The first kappa shape index (κ1) is 24.1. The number of halogens is 3. The fourth-order valence-corrected chi connectivity index (χ4v) is 4.60. The molecule has 0 spiro atoms. The van der Waals surface area contributed by atoms with Gasteiger partial charge in [-0.1, -0.05) is 23.7 Å². The summed E-state index contributed by atoms with van der Waals surface area (Å²) < 4.78 is 28.4. The van der Waals surface area contributed by atoms with Crippen molar-refractivity contribution >= 4 is 34.9 Å². The highest BCUT2D eigenvalue weighted by Gasteiger charge is 2.28. The second-order valence-corrected chi connectivity index (χ2v) is 9.30. The highest BCUT2D eigenvalue weighted by molar-refractivity contribution is 6.31. The summed E-state index contributed by atoms with van der Waals surface area (Å²) in [6, 6.07) is 10.9. The molecule has 2 aliphatic rings. The van der Waals surface area contributed by atoms with Crippen molar-refractivity contribution in [3.05, 3.63) is 76.4 Å². The number of anilines is 2. The maximum atomic E-state index is 14.4. The van der Waals surface area contributed by atoms with Crippen LogP contribution in [-0.2, 0) is 11.3 Å². The number of nitrogens with zero attached hydrogens (tertiary/aromatic N) is 4. The molecule has 2 amide bonds. The van der Waals surface area contributed by atoms with Crippen LogP contribution in [0.25, 0.3) is 11.1 Å². The van der Waals surface area contributed by atoms with E-state index in [0.29, 0.717) is 35.7 Å².